The molecule has 0 spiro atoms. The van der Waals surface area contributed by atoms with Crippen LogP contribution in [0.5, 0.6) is 0 Å². The number of ether oxygens (including phenoxy) is 1. The summed E-state index contributed by atoms with van der Waals surface area (Å²) in [6.45, 7) is 6.11. The van der Waals surface area contributed by atoms with Crippen molar-refractivity contribution in [2.24, 2.45) is 5.92 Å². The monoisotopic (exact) mass is 206 g/mol. The van der Waals surface area contributed by atoms with Gasteiger partial charge in [0, 0.05) is 5.92 Å². The summed E-state index contributed by atoms with van der Waals surface area (Å²) in [5, 5.41) is 9.89. The van der Waals surface area contributed by atoms with Gasteiger partial charge < -0.3 is 9.84 Å². The molecular formula is C13H18O2. The first-order valence-electron chi connectivity index (χ1n) is 5.18. The van der Waals surface area contributed by atoms with Crippen LogP contribution in [0.1, 0.15) is 6.92 Å². The van der Waals surface area contributed by atoms with Crippen molar-refractivity contribution in [3.05, 3.63) is 49.1 Å². The molecule has 0 unspecified atom stereocenters. The molecule has 0 aromatic heterocycles. The van der Waals surface area contributed by atoms with Gasteiger partial charge in [-0.15, -0.1) is 0 Å². The largest absolute Gasteiger partial charge is 0.389 e. The molecule has 0 radical (unpaired) electrons. The molecule has 0 bridgehead atoms. The summed E-state index contributed by atoms with van der Waals surface area (Å²) in [7, 11) is 0. The van der Waals surface area contributed by atoms with Crippen LogP contribution in [0.2, 0.25) is 0 Å². The molecule has 0 aromatic rings. The van der Waals surface area contributed by atoms with Gasteiger partial charge in [0.25, 0.3) is 0 Å². The lowest BCUT2D eigenvalue weighted by Crippen LogP contribution is -2.23. The van der Waals surface area contributed by atoms with Crippen LogP contribution in [0, 0.1) is 5.92 Å². The Morgan fingerprint density at radius 1 is 1.27 bits per heavy atom. The Kier molecular flexibility index (Phi) is 5.08. The Bertz CT molecular complexity index is 276. The Labute approximate surface area is 91.3 Å². The fourth-order valence-corrected chi connectivity index (χ4v) is 1.51. The highest BCUT2D eigenvalue weighted by Gasteiger charge is 2.32. The van der Waals surface area contributed by atoms with E-state index in [1.54, 1.807) is 12.2 Å². The standard InChI is InChI=1S/C13H18O2/c1-3-5-7-8-11-10-15-12(13(11)14)9-6-4-2/h3-9,11-14H,2,10H2,1H3/b5-3+,8-7+,9-6+/t11-,12-,13-/m0/s1. The molecule has 82 valence electrons. The molecule has 1 rings (SSSR count). The maximum Gasteiger partial charge on any atom is 0.102 e. The van der Waals surface area contributed by atoms with Crippen LogP contribution < -0.4 is 0 Å². The van der Waals surface area contributed by atoms with Crippen molar-refractivity contribution in [3.63, 3.8) is 0 Å². The molecule has 2 nitrogen and oxygen atoms in total. The summed E-state index contributed by atoms with van der Waals surface area (Å²) in [6, 6.07) is 0. The zero-order chi connectivity index (χ0) is 11.1. The predicted molar refractivity (Wildman–Crippen MR) is 62.5 cm³/mol. The third-order valence-corrected chi connectivity index (χ3v) is 2.36. The Morgan fingerprint density at radius 2 is 2.07 bits per heavy atom. The second kappa shape index (κ2) is 6.38. The maximum atomic E-state index is 9.89. The summed E-state index contributed by atoms with van der Waals surface area (Å²) in [5.74, 6) is 0.0839. The summed E-state index contributed by atoms with van der Waals surface area (Å²) in [6.07, 6.45) is 12.5. The van der Waals surface area contributed by atoms with Gasteiger partial charge in [-0.3, -0.25) is 0 Å². The lowest BCUT2D eigenvalue weighted by molar-refractivity contribution is 0.0724. The zero-order valence-corrected chi connectivity index (χ0v) is 9.04. The van der Waals surface area contributed by atoms with Crippen LogP contribution >= 0.6 is 0 Å². The zero-order valence-electron chi connectivity index (χ0n) is 9.04. The topological polar surface area (TPSA) is 29.5 Å². The minimum Gasteiger partial charge on any atom is -0.389 e. The number of aliphatic hydroxyl groups is 1. The minimum absolute atomic E-state index is 0.0839. The summed E-state index contributed by atoms with van der Waals surface area (Å²) in [5.41, 5.74) is 0. The third-order valence-electron chi connectivity index (χ3n) is 2.36. The fraction of sp³-hybridized carbons (Fsp3) is 0.385. The molecule has 2 heteroatoms. The SMILES string of the molecule is C=C/C=C/[C@@H]1OC[C@H](/C=C/C=C/C)[C@@H]1O. The van der Waals surface area contributed by atoms with E-state index in [1.165, 1.54) is 0 Å². The van der Waals surface area contributed by atoms with E-state index in [0.29, 0.717) is 6.61 Å². The Hall–Kier alpha value is -1.12. The number of allylic oxidation sites excluding steroid dienone is 5. The van der Waals surface area contributed by atoms with Crippen molar-refractivity contribution in [1.29, 1.82) is 0 Å². The number of rotatable bonds is 4. The lowest BCUT2D eigenvalue weighted by Gasteiger charge is -2.11. The van der Waals surface area contributed by atoms with Crippen molar-refractivity contribution >= 4 is 0 Å². The van der Waals surface area contributed by atoms with E-state index < -0.39 is 6.10 Å². The second-order valence-corrected chi connectivity index (χ2v) is 3.48. The highest BCUT2D eigenvalue weighted by Crippen LogP contribution is 2.22. The molecule has 1 aliphatic heterocycles. The average Bonchev–Trinajstić information content (AvgIpc) is 2.58. The van der Waals surface area contributed by atoms with Gasteiger partial charge in [-0.05, 0) is 6.92 Å². The molecule has 1 fully saturated rings. The summed E-state index contributed by atoms with van der Waals surface area (Å²) >= 11 is 0. The van der Waals surface area contributed by atoms with Crippen LogP contribution in [0.25, 0.3) is 0 Å². The van der Waals surface area contributed by atoms with Gasteiger partial charge in [-0.2, -0.15) is 0 Å². The fourth-order valence-electron chi connectivity index (χ4n) is 1.51. The first-order chi connectivity index (χ1) is 7.29. The van der Waals surface area contributed by atoms with Gasteiger partial charge in [0.15, 0.2) is 0 Å². The number of aliphatic hydroxyl groups excluding tert-OH is 1. The van der Waals surface area contributed by atoms with E-state index >= 15 is 0 Å². The first-order valence-corrected chi connectivity index (χ1v) is 5.18. The number of hydrogen-bond donors (Lipinski definition) is 1. The van der Waals surface area contributed by atoms with Crippen LogP contribution in [-0.4, -0.2) is 23.9 Å². The molecule has 1 N–H and O–H groups in total. The third kappa shape index (κ3) is 3.50. The van der Waals surface area contributed by atoms with Crippen LogP contribution in [0.4, 0.5) is 0 Å². The van der Waals surface area contributed by atoms with Crippen LogP contribution in [0.15, 0.2) is 49.1 Å². The van der Waals surface area contributed by atoms with E-state index in [1.807, 2.05) is 37.3 Å². The van der Waals surface area contributed by atoms with Crippen molar-refractivity contribution in [1.82, 2.24) is 0 Å². The smallest absolute Gasteiger partial charge is 0.102 e. The van der Waals surface area contributed by atoms with Gasteiger partial charge in [0.2, 0.25) is 0 Å². The van der Waals surface area contributed by atoms with E-state index in [2.05, 4.69) is 6.58 Å². The average molecular weight is 206 g/mol. The van der Waals surface area contributed by atoms with E-state index in [0.717, 1.165) is 0 Å². The molecule has 0 aliphatic carbocycles. The Balaban J connectivity index is 2.51. The van der Waals surface area contributed by atoms with Crippen molar-refractivity contribution < 1.29 is 9.84 Å². The predicted octanol–water partition coefficient (Wildman–Crippen LogP) is 2.24. The molecule has 1 saturated heterocycles. The number of hydrogen-bond acceptors (Lipinski definition) is 2. The van der Waals surface area contributed by atoms with Gasteiger partial charge >= 0.3 is 0 Å². The van der Waals surface area contributed by atoms with Gasteiger partial charge in [-0.1, -0.05) is 49.1 Å². The van der Waals surface area contributed by atoms with Crippen molar-refractivity contribution in [3.8, 4) is 0 Å². The van der Waals surface area contributed by atoms with Gasteiger partial charge in [0.1, 0.15) is 6.10 Å². The molecule has 3 atom stereocenters. The van der Waals surface area contributed by atoms with Gasteiger partial charge in [0.05, 0.1) is 12.7 Å². The maximum absolute atomic E-state index is 9.89. The van der Waals surface area contributed by atoms with E-state index in [9.17, 15) is 5.11 Å². The second-order valence-electron chi connectivity index (χ2n) is 3.48. The van der Waals surface area contributed by atoms with Crippen molar-refractivity contribution in [2.45, 2.75) is 19.1 Å². The quantitative estimate of drug-likeness (QED) is 0.715. The summed E-state index contributed by atoms with van der Waals surface area (Å²) < 4.78 is 5.45. The van der Waals surface area contributed by atoms with E-state index in [-0.39, 0.29) is 12.0 Å². The molecule has 0 aromatic carbocycles. The molecule has 1 aliphatic rings. The van der Waals surface area contributed by atoms with Crippen LogP contribution in [0.3, 0.4) is 0 Å². The Morgan fingerprint density at radius 3 is 2.73 bits per heavy atom. The van der Waals surface area contributed by atoms with Gasteiger partial charge in [-0.25, -0.2) is 0 Å². The normalized spacial score (nSPS) is 32.3. The van der Waals surface area contributed by atoms with Crippen molar-refractivity contribution in [2.75, 3.05) is 6.61 Å². The molecule has 0 saturated carbocycles. The van der Waals surface area contributed by atoms with E-state index in [4.69, 9.17) is 4.74 Å². The summed E-state index contributed by atoms with van der Waals surface area (Å²) in [4.78, 5) is 0. The lowest BCUT2D eigenvalue weighted by atomic mass is 10.0. The first kappa shape index (κ1) is 12.0. The minimum atomic E-state index is -0.456. The highest BCUT2D eigenvalue weighted by molar-refractivity contribution is 5.11. The molecule has 1 heterocycles. The molecular weight excluding hydrogens is 188 g/mol. The van der Waals surface area contributed by atoms with Crippen LogP contribution in [-0.2, 0) is 4.74 Å². The molecule has 15 heavy (non-hydrogen) atoms. The highest BCUT2D eigenvalue weighted by atomic mass is 16.5. The molecule has 0 amide bonds.